The molecule has 2 heterocycles. The molecule has 2 aromatic rings. The third kappa shape index (κ3) is 5.99. The Morgan fingerprint density at radius 2 is 1.93 bits per heavy atom. The number of piperidine rings is 1. The summed E-state index contributed by atoms with van der Waals surface area (Å²) in [6.45, 7) is 7.10. The van der Waals surface area contributed by atoms with E-state index in [0.717, 1.165) is 25.1 Å². The van der Waals surface area contributed by atoms with Gasteiger partial charge in [-0.2, -0.15) is 4.98 Å². The Balaban J connectivity index is 1.47. The number of carbonyl (C=O) groups is 1. The van der Waals surface area contributed by atoms with Crippen LogP contribution in [0.4, 0.5) is 4.79 Å². The molecule has 1 aliphatic rings. The summed E-state index contributed by atoms with van der Waals surface area (Å²) >= 11 is 1.73. The molecule has 1 amide bonds. The Morgan fingerprint density at radius 1 is 1.25 bits per heavy atom. The minimum atomic E-state index is -0.454. The first-order valence-electron chi connectivity index (χ1n) is 9.75. The molecular weight excluding hydrogens is 374 g/mol. The van der Waals surface area contributed by atoms with Crippen LogP contribution in [0.5, 0.6) is 0 Å². The van der Waals surface area contributed by atoms with Crippen molar-refractivity contribution in [2.75, 3.05) is 19.3 Å². The molecular formula is C21H29N3O3S. The number of amides is 1. The molecule has 1 saturated heterocycles. The lowest BCUT2D eigenvalue weighted by Gasteiger charge is -2.33. The van der Waals surface area contributed by atoms with E-state index in [2.05, 4.69) is 40.7 Å². The Labute approximate surface area is 171 Å². The summed E-state index contributed by atoms with van der Waals surface area (Å²) in [7, 11) is 0. The number of likely N-dealkylation sites (tertiary alicyclic amines) is 1. The third-order valence-electron chi connectivity index (χ3n) is 4.76. The van der Waals surface area contributed by atoms with Crippen molar-refractivity contribution >= 4 is 17.9 Å². The summed E-state index contributed by atoms with van der Waals surface area (Å²) in [5, 5.41) is 4.15. The standard InChI is InChI=1S/C21H29N3O3S/c1-21(2,3)26-20(25)24-11-9-16(10-12-24)13-18-22-19(27-23-18)14-15-5-7-17(28-4)8-6-15/h5-8,16H,9-14H2,1-4H3. The fraction of sp³-hybridized carbons (Fsp3) is 0.571. The average Bonchev–Trinajstić information content (AvgIpc) is 3.08. The molecule has 3 rings (SSSR count). The van der Waals surface area contributed by atoms with E-state index in [1.807, 2.05) is 20.8 Å². The summed E-state index contributed by atoms with van der Waals surface area (Å²) in [6, 6.07) is 8.41. The number of carbonyl (C=O) groups excluding carboxylic acids is 1. The maximum Gasteiger partial charge on any atom is 0.410 e. The summed E-state index contributed by atoms with van der Waals surface area (Å²) in [6.07, 6.45) is 5.14. The van der Waals surface area contributed by atoms with Gasteiger partial charge in [-0.05, 0) is 63.5 Å². The first-order valence-corrected chi connectivity index (χ1v) is 11.0. The molecule has 0 aliphatic carbocycles. The Kier molecular flexibility index (Phi) is 6.65. The zero-order chi connectivity index (χ0) is 20.1. The molecule has 0 N–H and O–H groups in total. The van der Waals surface area contributed by atoms with Gasteiger partial charge in [0.25, 0.3) is 0 Å². The minimum Gasteiger partial charge on any atom is -0.444 e. The van der Waals surface area contributed by atoms with Crippen LogP contribution in [-0.2, 0) is 17.6 Å². The van der Waals surface area contributed by atoms with Crippen molar-refractivity contribution in [3.8, 4) is 0 Å². The Morgan fingerprint density at radius 3 is 2.54 bits per heavy atom. The van der Waals surface area contributed by atoms with Crippen molar-refractivity contribution in [3.63, 3.8) is 0 Å². The van der Waals surface area contributed by atoms with Gasteiger partial charge < -0.3 is 14.2 Å². The number of nitrogens with zero attached hydrogens (tertiary/aromatic N) is 3. The SMILES string of the molecule is CSc1ccc(Cc2nc(CC3CCN(C(=O)OC(C)(C)C)CC3)no2)cc1. The van der Waals surface area contributed by atoms with Crippen molar-refractivity contribution in [3.05, 3.63) is 41.5 Å². The van der Waals surface area contributed by atoms with E-state index in [9.17, 15) is 4.79 Å². The van der Waals surface area contributed by atoms with Crippen LogP contribution >= 0.6 is 11.8 Å². The van der Waals surface area contributed by atoms with Crippen molar-refractivity contribution < 1.29 is 14.1 Å². The van der Waals surface area contributed by atoms with Crippen LogP contribution in [0.25, 0.3) is 0 Å². The van der Waals surface area contributed by atoms with Crippen LogP contribution in [0.2, 0.25) is 0 Å². The van der Waals surface area contributed by atoms with Gasteiger partial charge in [-0.25, -0.2) is 4.79 Å². The smallest absolute Gasteiger partial charge is 0.410 e. The van der Waals surface area contributed by atoms with Gasteiger partial charge >= 0.3 is 6.09 Å². The van der Waals surface area contributed by atoms with Crippen LogP contribution in [0.3, 0.4) is 0 Å². The van der Waals surface area contributed by atoms with Crippen LogP contribution in [-0.4, -0.2) is 46.1 Å². The maximum atomic E-state index is 12.2. The minimum absolute atomic E-state index is 0.222. The number of benzene rings is 1. The summed E-state index contributed by atoms with van der Waals surface area (Å²) in [5.74, 6) is 1.87. The van der Waals surface area contributed by atoms with E-state index in [0.29, 0.717) is 31.3 Å². The molecule has 0 atom stereocenters. The van der Waals surface area contributed by atoms with Crippen molar-refractivity contribution in [1.82, 2.24) is 15.0 Å². The second-order valence-electron chi connectivity index (χ2n) is 8.24. The van der Waals surface area contributed by atoms with Gasteiger partial charge in [0.1, 0.15) is 5.60 Å². The van der Waals surface area contributed by atoms with E-state index in [1.54, 1.807) is 16.7 Å². The largest absolute Gasteiger partial charge is 0.444 e. The molecule has 1 aromatic carbocycles. The quantitative estimate of drug-likeness (QED) is 0.681. The monoisotopic (exact) mass is 403 g/mol. The van der Waals surface area contributed by atoms with E-state index in [-0.39, 0.29) is 6.09 Å². The average molecular weight is 404 g/mol. The van der Waals surface area contributed by atoms with E-state index in [4.69, 9.17) is 9.26 Å². The fourth-order valence-electron chi connectivity index (χ4n) is 3.27. The van der Waals surface area contributed by atoms with Gasteiger partial charge in [0.15, 0.2) is 5.82 Å². The van der Waals surface area contributed by atoms with Crippen LogP contribution in [0.15, 0.2) is 33.7 Å². The van der Waals surface area contributed by atoms with Gasteiger partial charge in [0, 0.05) is 24.4 Å². The molecule has 0 unspecified atom stereocenters. The predicted molar refractivity (Wildman–Crippen MR) is 110 cm³/mol. The molecule has 1 aliphatic heterocycles. The van der Waals surface area contributed by atoms with Crippen molar-refractivity contribution in [2.45, 2.75) is 57.0 Å². The zero-order valence-electron chi connectivity index (χ0n) is 17.1. The topological polar surface area (TPSA) is 68.5 Å². The molecule has 0 bridgehead atoms. The van der Waals surface area contributed by atoms with E-state index < -0.39 is 5.60 Å². The highest BCUT2D eigenvalue weighted by Gasteiger charge is 2.27. The fourth-order valence-corrected chi connectivity index (χ4v) is 3.68. The van der Waals surface area contributed by atoms with Crippen LogP contribution < -0.4 is 0 Å². The first kappa shape index (κ1) is 20.7. The summed E-state index contributed by atoms with van der Waals surface area (Å²) in [4.78, 5) is 19.8. The highest BCUT2D eigenvalue weighted by Crippen LogP contribution is 2.23. The van der Waals surface area contributed by atoms with E-state index >= 15 is 0 Å². The molecule has 0 radical (unpaired) electrons. The molecule has 28 heavy (non-hydrogen) atoms. The van der Waals surface area contributed by atoms with Gasteiger partial charge in [-0.15, -0.1) is 11.8 Å². The molecule has 6 nitrogen and oxygen atoms in total. The molecule has 0 saturated carbocycles. The number of ether oxygens (including phenoxy) is 1. The third-order valence-corrected chi connectivity index (χ3v) is 5.51. The second kappa shape index (κ2) is 8.99. The maximum absolute atomic E-state index is 12.2. The lowest BCUT2D eigenvalue weighted by Crippen LogP contribution is -2.42. The zero-order valence-corrected chi connectivity index (χ0v) is 17.9. The number of rotatable bonds is 5. The van der Waals surface area contributed by atoms with Gasteiger partial charge in [0.2, 0.25) is 5.89 Å². The first-order chi connectivity index (χ1) is 13.3. The van der Waals surface area contributed by atoms with Crippen molar-refractivity contribution in [1.29, 1.82) is 0 Å². The molecule has 1 fully saturated rings. The molecule has 7 heteroatoms. The number of thioether (sulfide) groups is 1. The Hall–Kier alpha value is -2.02. The normalized spacial score (nSPS) is 15.6. The lowest BCUT2D eigenvalue weighted by atomic mass is 9.93. The predicted octanol–water partition coefficient (Wildman–Crippen LogP) is 4.57. The van der Waals surface area contributed by atoms with Gasteiger partial charge in [-0.3, -0.25) is 0 Å². The number of aromatic nitrogens is 2. The number of hydrogen-bond donors (Lipinski definition) is 0. The van der Waals surface area contributed by atoms with E-state index in [1.165, 1.54) is 10.5 Å². The second-order valence-corrected chi connectivity index (χ2v) is 9.12. The highest BCUT2D eigenvalue weighted by molar-refractivity contribution is 7.98. The molecule has 1 aromatic heterocycles. The summed E-state index contributed by atoms with van der Waals surface area (Å²) < 4.78 is 10.9. The lowest BCUT2D eigenvalue weighted by molar-refractivity contribution is 0.0183. The molecule has 0 spiro atoms. The molecule has 152 valence electrons. The Bertz CT molecular complexity index is 775. The van der Waals surface area contributed by atoms with Crippen LogP contribution in [0.1, 0.15) is 50.9 Å². The van der Waals surface area contributed by atoms with Gasteiger partial charge in [-0.1, -0.05) is 17.3 Å². The van der Waals surface area contributed by atoms with Gasteiger partial charge in [0.05, 0.1) is 6.42 Å². The summed E-state index contributed by atoms with van der Waals surface area (Å²) in [5.41, 5.74) is 0.712. The number of hydrogen-bond acceptors (Lipinski definition) is 6. The van der Waals surface area contributed by atoms with Crippen molar-refractivity contribution in [2.24, 2.45) is 5.92 Å². The van der Waals surface area contributed by atoms with Crippen LogP contribution in [0, 0.1) is 5.92 Å². The highest BCUT2D eigenvalue weighted by atomic mass is 32.2.